The summed E-state index contributed by atoms with van der Waals surface area (Å²) in [5.41, 5.74) is 0.583. The van der Waals surface area contributed by atoms with E-state index in [4.69, 9.17) is 18.9 Å². The number of thioether (sulfide) groups is 1. The summed E-state index contributed by atoms with van der Waals surface area (Å²) in [6.45, 7) is 2.96. The molecular formula is C18H21NO7S. The molecule has 0 N–H and O–H groups in total. The molecule has 0 atom stereocenters. The molecule has 1 fully saturated rings. The molecule has 1 aliphatic heterocycles. The number of ether oxygens (including phenoxy) is 4. The van der Waals surface area contributed by atoms with E-state index in [-0.39, 0.29) is 11.0 Å². The molecule has 9 heteroatoms. The molecule has 0 spiro atoms. The van der Waals surface area contributed by atoms with Crippen LogP contribution in [0.2, 0.25) is 0 Å². The van der Waals surface area contributed by atoms with Crippen LogP contribution in [0, 0.1) is 0 Å². The fraction of sp³-hybridized carbons (Fsp3) is 0.389. The van der Waals surface area contributed by atoms with E-state index in [0.717, 1.165) is 16.7 Å². The molecule has 8 nitrogen and oxygen atoms in total. The van der Waals surface area contributed by atoms with Gasteiger partial charge in [0.2, 0.25) is 5.75 Å². The van der Waals surface area contributed by atoms with Crippen LogP contribution in [0.4, 0.5) is 4.79 Å². The maximum Gasteiger partial charge on any atom is 0.326 e. The minimum atomic E-state index is -0.638. The Morgan fingerprint density at radius 1 is 1.11 bits per heavy atom. The van der Waals surface area contributed by atoms with Gasteiger partial charge in [-0.25, -0.2) is 0 Å². The lowest BCUT2D eigenvalue weighted by Crippen LogP contribution is -2.35. The van der Waals surface area contributed by atoms with Crippen molar-refractivity contribution in [1.82, 2.24) is 4.90 Å². The molecule has 0 aromatic heterocycles. The van der Waals surface area contributed by atoms with Crippen LogP contribution in [-0.4, -0.2) is 56.0 Å². The number of hydrogen-bond acceptors (Lipinski definition) is 8. The zero-order chi connectivity index (χ0) is 20.1. The second-order valence-electron chi connectivity index (χ2n) is 5.77. The van der Waals surface area contributed by atoms with E-state index in [2.05, 4.69) is 0 Å². The van der Waals surface area contributed by atoms with Crippen molar-refractivity contribution < 1.29 is 33.3 Å². The van der Waals surface area contributed by atoms with Gasteiger partial charge in [0.25, 0.3) is 11.1 Å². The number of benzene rings is 1. The Hall–Kier alpha value is -2.68. The smallest absolute Gasteiger partial charge is 0.326 e. The van der Waals surface area contributed by atoms with Crippen molar-refractivity contribution in [2.75, 3.05) is 27.9 Å². The third kappa shape index (κ3) is 4.73. The fourth-order valence-corrected chi connectivity index (χ4v) is 3.24. The van der Waals surface area contributed by atoms with Gasteiger partial charge in [-0.05, 0) is 49.4 Å². The molecule has 1 aliphatic rings. The van der Waals surface area contributed by atoms with Gasteiger partial charge >= 0.3 is 5.97 Å². The summed E-state index contributed by atoms with van der Waals surface area (Å²) in [4.78, 5) is 37.4. The first kappa shape index (κ1) is 20.6. The number of carbonyl (C=O) groups excluding carboxylic acids is 3. The molecule has 2 rings (SSSR count). The van der Waals surface area contributed by atoms with E-state index >= 15 is 0 Å². The summed E-state index contributed by atoms with van der Waals surface area (Å²) >= 11 is 0.752. The van der Waals surface area contributed by atoms with Crippen LogP contribution in [0.1, 0.15) is 19.4 Å². The number of methoxy groups -OCH3 is 3. The van der Waals surface area contributed by atoms with Crippen molar-refractivity contribution in [2.24, 2.45) is 0 Å². The number of hydrogen-bond donors (Lipinski definition) is 0. The van der Waals surface area contributed by atoms with Crippen molar-refractivity contribution >= 4 is 35.0 Å². The van der Waals surface area contributed by atoms with Crippen molar-refractivity contribution in [1.29, 1.82) is 0 Å². The summed E-state index contributed by atoms with van der Waals surface area (Å²) in [7, 11) is 4.45. The van der Waals surface area contributed by atoms with Crippen molar-refractivity contribution in [3.8, 4) is 17.2 Å². The van der Waals surface area contributed by atoms with Gasteiger partial charge in [-0.1, -0.05) is 0 Å². The normalized spacial score (nSPS) is 15.5. The van der Waals surface area contributed by atoms with Crippen LogP contribution in [0.15, 0.2) is 17.0 Å². The Labute approximate surface area is 161 Å². The number of rotatable bonds is 7. The second kappa shape index (κ2) is 8.81. The SMILES string of the molecule is COc1cc(/C=C2\SC(=O)N(CC(=O)OC(C)C)C2=O)cc(OC)c1OC. The summed E-state index contributed by atoms with van der Waals surface area (Å²) in [6.07, 6.45) is 1.20. The lowest BCUT2D eigenvalue weighted by Gasteiger charge is -2.14. The summed E-state index contributed by atoms with van der Waals surface area (Å²) < 4.78 is 20.8. The van der Waals surface area contributed by atoms with Crippen LogP contribution in [0.5, 0.6) is 17.2 Å². The average Bonchev–Trinajstić information content (AvgIpc) is 2.87. The van der Waals surface area contributed by atoms with Gasteiger partial charge in [-0.3, -0.25) is 19.3 Å². The Morgan fingerprint density at radius 2 is 1.70 bits per heavy atom. The van der Waals surface area contributed by atoms with Crippen molar-refractivity contribution in [3.05, 3.63) is 22.6 Å². The van der Waals surface area contributed by atoms with Gasteiger partial charge in [0.05, 0.1) is 32.3 Å². The van der Waals surface area contributed by atoms with Crippen LogP contribution in [0.25, 0.3) is 6.08 Å². The molecule has 0 unspecified atom stereocenters. The molecule has 1 saturated heterocycles. The summed E-state index contributed by atoms with van der Waals surface area (Å²) in [5.74, 6) is 0.0631. The Bertz CT molecular complexity index is 763. The molecule has 146 valence electrons. The minimum absolute atomic E-state index is 0.187. The zero-order valence-electron chi connectivity index (χ0n) is 15.7. The number of carbonyl (C=O) groups is 3. The minimum Gasteiger partial charge on any atom is -0.493 e. The number of imide groups is 1. The summed E-state index contributed by atoms with van der Waals surface area (Å²) in [6, 6.07) is 3.31. The Morgan fingerprint density at radius 3 is 2.19 bits per heavy atom. The highest BCUT2D eigenvalue weighted by Gasteiger charge is 2.36. The standard InChI is InChI=1S/C18H21NO7S/c1-10(2)26-15(20)9-19-17(21)14(27-18(19)22)8-11-6-12(23-3)16(25-5)13(7-11)24-4/h6-8,10H,9H2,1-5H3/b14-8-. The molecule has 0 saturated carbocycles. The van der Waals surface area contributed by atoms with E-state index in [9.17, 15) is 14.4 Å². The molecular weight excluding hydrogens is 374 g/mol. The topological polar surface area (TPSA) is 91.4 Å². The van der Waals surface area contributed by atoms with Crippen LogP contribution >= 0.6 is 11.8 Å². The van der Waals surface area contributed by atoms with E-state index < -0.39 is 23.7 Å². The average molecular weight is 395 g/mol. The Kier molecular flexibility index (Phi) is 6.73. The number of amides is 2. The van der Waals surface area contributed by atoms with Gasteiger partial charge in [-0.15, -0.1) is 0 Å². The van der Waals surface area contributed by atoms with E-state index in [1.54, 1.807) is 26.0 Å². The molecule has 0 aliphatic carbocycles. The van der Waals surface area contributed by atoms with E-state index in [0.29, 0.717) is 22.8 Å². The largest absolute Gasteiger partial charge is 0.493 e. The molecule has 2 amide bonds. The summed E-state index contributed by atoms with van der Waals surface area (Å²) in [5, 5.41) is -0.528. The van der Waals surface area contributed by atoms with Gasteiger partial charge in [0.1, 0.15) is 6.54 Å². The highest BCUT2D eigenvalue weighted by atomic mass is 32.2. The second-order valence-corrected chi connectivity index (χ2v) is 6.76. The van der Waals surface area contributed by atoms with Gasteiger partial charge in [0, 0.05) is 0 Å². The third-order valence-electron chi connectivity index (χ3n) is 3.51. The number of nitrogens with zero attached hydrogens (tertiary/aromatic N) is 1. The van der Waals surface area contributed by atoms with Gasteiger partial charge < -0.3 is 18.9 Å². The maximum absolute atomic E-state index is 12.5. The first-order valence-electron chi connectivity index (χ1n) is 8.05. The first-order valence-corrected chi connectivity index (χ1v) is 8.87. The molecule has 27 heavy (non-hydrogen) atoms. The lowest BCUT2D eigenvalue weighted by molar-refractivity contribution is -0.149. The van der Waals surface area contributed by atoms with Crippen LogP contribution < -0.4 is 14.2 Å². The lowest BCUT2D eigenvalue weighted by atomic mass is 10.1. The highest BCUT2D eigenvalue weighted by molar-refractivity contribution is 8.18. The number of esters is 1. The Balaban J connectivity index is 2.28. The van der Waals surface area contributed by atoms with Crippen molar-refractivity contribution in [2.45, 2.75) is 20.0 Å². The molecule has 0 bridgehead atoms. The zero-order valence-corrected chi connectivity index (χ0v) is 16.5. The fourth-order valence-electron chi connectivity index (χ4n) is 2.40. The van der Waals surface area contributed by atoms with Crippen LogP contribution in [-0.2, 0) is 14.3 Å². The predicted molar refractivity (Wildman–Crippen MR) is 100 cm³/mol. The molecule has 1 aromatic carbocycles. The van der Waals surface area contributed by atoms with E-state index in [1.807, 2.05) is 0 Å². The monoisotopic (exact) mass is 395 g/mol. The molecule has 1 aromatic rings. The van der Waals surface area contributed by atoms with Crippen LogP contribution in [0.3, 0.4) is 0 Å². The quantitative estimate of drug-likeness (QED) is 0.514. The third-order valence-corrected chi connectivity index (χ3v) is 4.42. The molecule has 0 radical (unpaired) electrons. The maximum atomic E-state index is 12.5. The first-order chi connectivity index (χ1) is 12.8. The van der Waals surface area contributed by atoms with Crippen molar-refractivity contribution in [3.63, 3.8) is 0 Å². The highest BCUT2D eigenvalue weighted by Crippen LogP contribution is 2.40. The molecule has 1 heterocycles. The van der Waals surface area contributed by atoms with E-state index in [1.165, 1.54) is 27.4 Å². The van der Waals surface area contributed by atoms with Gasteiger partial charge in [0.15, 0.2) is 11.5 Å². The van der Waals surface area contributed by atoms with Gasteiger partial charge in [-0.2, -0.15) is 0 Å². The predicted octanol–water partition coefficient (Wildman–Crippen LogP) is 2.70.